The maximum absolute atomic E-state index is 12.4. The average molecular weight is 265 g/mol. The van der Waals surface area contributed by atoms with Gasteiger partial charge in [-0.25, -0.2) is 8.42 Å². The van der Waals surface area contributed by atoms with E-state index < -0.39 is 10.0 Å². The van der Waals surface area contributed by atoms with Gasteiger partial charge < -0.3 is 0 Å². The van der Waals surface area contributed by atoms with E-state index in [0.717, 1.165) is 0 Å². The Morgan fingerprint density at radius 2 is 1.94 bits per heavy atom. The molecule has 0 saturated carbocycles. The molecule has 0 bridgehead atoms. The molecular weight excluding hydrogens is 250 g/mol. The summed E-state index contributed by atoms with van der Waals surface area (Å²) in [5.74, 6) is 0. The summed E-state index contributed by atoms with van der Waals surface area (Å²) in [7, 11) is -1.84. The minimum Gasteiger partial charge on any atom is -0.274 e. The number of para-hydroxylation sites is 1. The van der Waals surface area contributed by atoms with Crippen LogP contribution in [0.2, 0.25) is 0 Å². The second-order valence-electron chi connectivity index (χ2n) is 3.86. The predicted molar refractivity (Wildman–Crippen MR) is 69.9 cm³/mol. The predicted octanol–water partition coefficient (Wildman–Crippen LogP) is 1.64. The number of sulfonamides is 1. The normalized spacial score (nSPS) is 11.4. The average Bonchev–Trinajstić information content (AvgIpc) is 2.78. The fourth-order valence-corrected chi connectivity index (χ4v) is 3.20. The Balaban J connectivity index is 2.45. The number of nitrogens with zero attached hydrogens (tertiary/aromatic N) is 3. The molecule has 6 heteroatoms. The Labute approximate surface area is 107 Å². The summed E-state index contributed by atoms with van der Waals surface area (Å²) in [6.45, 7) is 2.18. The zero-order valence-electron chi connectivity index (χ0n) is 10.3. The molecule has 0 saturated heterocycles. The lowest BCUT2D eigenvalue weighted by Gasteiger charge is -2.21. The number of rotatable bonds is 4. The van der Waals surface area contributed by atoms with Crippen molar-refractivity contribution in [2.45, 2.75) is 11.8 Å². The molecule has 1 aromatic heterocycles. The largest absolute Gasteiger partial charge is 0.274 e. The highest BCUT2D eigenvalue weighted by molar-refractivity contribution is 7.92. The van der Waals surface area contributed by atoms with Crippen molar-refractivity contribution in [2.24, 2.45) is 7.05 Å². The van der Waals surface area contributed by atoms with Gasteiger partial charge in [0, 0.05) is 19.8 Å². The molecule has 0 amide bonds. The van der Waals surface area contributed by atoms with Crippen LogP contribution in [-0.4, -0.2) is 24.7 Å². The summed E-state index contributed by atoms with van der Waals surface area (Å²) >= 11 is 0. The number of aryl methyl sites for hydroxylation is 1. The quantitative estimate of drug-likeness (QED) is 0.844. The molecule has 2 aromatic rings. The Hall–Kier alpha value is -1.82. The lowest BCUT2D eigenvalue weighted by molar-refractivity contribution is 0.591. The Bertz CT molecular complexity index is 620. The minimum atomic E-state index is -3.53. The first kappa shape index (κ1) is 12.6. The summed E-state index contributed by atoms with van der Waals surface area (Å²) in [5, 5.41) is 3.90. The molecule has 0 N–H and O–H groups in total. The monoisotopic (exact) mass is 265 g/mol. The van der Waals surface area contributed by atoms with Crippen molar-refractivity contribution in [2.75, 3.05) is 10.8 Å². The van der Waals surface area contributed by atoms with Crippen molar-refractivity contribution in [1.82, 2.24) is 9.78 Å². The lowest BCUT2D eigenvalue weighted by atomic mass is 10.3. The summed E-state index contributed by atoms with van der Waals surface area (Å²) in [6, 6.07) is 9.04. The zero-order chi connectivity index (χ0) is 13.2. The molecule has 18 heavy (non-hydrogen) atoms. The van der Waals surface area contributed by atoms with Gasteiger partial charge in [-0.15, -0.1) is 0 Å². The molecule has 0 fully saturated rings. The first-order chi connectivity index (χ1) is 8.55. The van der Waals surface area contributed by atoms with E-state index >= 15 is 0 Å². The van der Waals surface area contributed by atoms with Crippen LogP contribution in [0, 0.1) is 0 Å². The molecular formula is C12H15N3O2S. The molecule has 0 radical (unpaired) electrons. The highest BCUT2D eigenvalue weighted by atomic mass is 32.2. The number of anilines is 1. The van der Waals surface area contributed by atoms with E-state index in [1.165, 1.54) is 21.4 Å². The van der Waals surface area contributed by atoms with E-state index in [4.69, 9.17) is 0 Å². The van der Waals surface area contributed by atoms with Crippen LogP contribution < -0.4 is 4.31 Å². The first-order valence-electron chi connectivity index (χ1n) is 5.62. The van der Waals surface area contributed by atoms with E-state index in [1.54, 1.807) is 26.1 Å². The number of aromatic nitrogens is 2. The van der Waals surface area contributed by atoms with Gasteiger partial charge in [0.1, 0.15) is 4.90 Å². The summed E-state index contributed by atoms with van der Waals surface area (Å²) in [5.41, 5.74) is 0.656. The van der Waals surface area contributed by atoms with Gasteiger partial charge in [-0.3, -0.25) is 8.99 Å². The Kier molecular flexibility index (Phi) is 3.38. The smallest absolute Gasteiger partial charge is 0.267 e. The van der Waals surface area contributed by atoms with Gasteiger partial charge in [-0.2, -0.15) is 5.10 Å². The maximum Gasteiger partial charge on any atom is 0.267 e. The van der Waals surface area contributed by atoms with Crippen LogP contribution in [0.1, 0.15) is 6.92 Å². The molecule has 0 unspecified atom stereocenters. The van der Waals surface area contributed by atoms with E-state index in [1.807, 2.05) is 18.2 Å². The van der Waals surface area contributed by atoms with Crippen LogP contribution in [-0.2, 0) is 17.1 Å². The topological polar surface area (TPSA) is 55.2 Å². The third kappa shape index (κ3) is 2.24. The van der Waals surface area contributed by atoms with Gasteiger partial charge in [-0.05, 0) is 19.1 Å². The highest BCUT2D eigenvalue weighted by Gasteiger charge is 2.24. The molecule has 0 aliphatic heterocycles. The molecule has 0 aliphatic rings. The van der Waals surface area contributed by atoms with Crippen molar-refractivity contribution >= 4 is 15.7 Å². The third-order valence-corrected chi connectivity index (χ3v) is 4.46. The minimum absolute atomic E-state index is 0.204. The molecule has 0 aliphatic carbocycles. The van der Waals surface area contributed by atoms with Gasteiger partial charge in [0.05, 0.1) is 11.9 Å². The van der Waals surface area contributed by atoms with Crippen molar-refractivity contribution in [3.63, 3.8) is 0 Å². The molecule has 0 atom stereocenters. The zero-order valence-corrected chi connectivity index (χ0v) is 11.1. The molecule has 1 heterocycles. The second-order valence-corrected chi connectivity index (χ2v) is 5.72. The third-order valence-electron chi connectivity index (χ3n) is 2.60. The fourth-order valence-electron chi connectivity index (χ4n) is 1.74. The maximum atomic E-state index is 12.4. The summed E-state index contributed by atoms with van der Waals surface area (Å²) in [4.78, 5) is 0.204. The van der Waals surface area contributed by atoms with Crippen LogP contribution in [0.4, 0.5) is 5.69 Å². The number of hydrogen-bond donors (Lipinski definition) is 0. The van der Waals surface area contributed by atoms with Crippen LogP contribution in [0.5, 0.6) is 0 Å². The number of benzene rings is 1. The highest BCUT2D eigenvalue weighted by Crippen LogP contribution is 2.22. The van der Waals surface area contributed by atoms with Crippen LogP contribution in [0.25, 0.3) is 0 Å². The van der Waals surface area contributed by atoms with E-state index in [2.05, 4.69) is 5.10 Å². The molecule has 96 valence electrons. The van der Waals surface area contributed by atoms with Crippen LogP contribution in [0.15, 0.2) is 47.6 Å². The SMILES string of the molecule is CCN(c1ccccc1)S(=O)(=O)c1cnn(C)c1. The number of hydrogen-bond acceptors (Lipinski definition) is 3. The van der Waals surface area contributed by atoms with Gasteiger partial charge in [-0.1, -0.05) is 18.2 Å². The first-order valence-corrected chi connectivity index (χ1v) is 7.06. The molecule has 0 spiro atoms. The Morgan fingerprint density at radius 3 is 2.44 bits per heavy atom. The van der Waals surface area contributed by atoms with Gasteiger partial charge in [0.2, 0.25) is 0 Å². The van der Waals surface area contributed by atoms with Crippen LogP contribution in [0.3, 0.4) is 0 Å². The van der Waals surface area contributed by atoms with Crippen molar-refractivity contribution < 1.29 is 8.42 Å². The standard InChI is InChI=1S/C12H15N3O2S/c1-3-15(11-7-5-4-6-8-11)18(16,17)12-9-13-14(2)10-12/h4-10H,3H2,1-2H3. The van der Waals surface area contributed by atoms with Crippen molar-refractivity contribution in [3.05, 3.63) is 42.7 Å². The van der Waals surface area contributed by atoms with Crippen molar-refractivity contribution in [3.8, 4) is 0 Å². The van der Waals surface area contributed by atoms with E-state index in [-0.39, 0.29) is 4.90 Å². The molecule has 1 aromatic carbocycles. The summed E-state index contributed by atoms with van der Waals surface area (Å²) in [6.07, 6.45) is 2.86. The Morgan fingerprint density at radius 1 is 1.28 bits per heavy atom. The van der Waals surface area contributed by atoms with E-state index in [0.29, 0.717) is 12.2 Å². The van der Waals surface area contributed by atoms with Gasteiger partial charge >= 0.3 is 0 Å². The molecule has 2 rings (SSSR count). The van der Waals surface area contributed by atoms with Crippen molar-refractivity contribution in [1.29, 1.82) is 0 Å². The van der Waals surface area contributed by atoms with Crippen LogP contribution >= 0.6 is 0 Å². The fraction of sp³-hybridized carbons (Fsp3) is 0.250. The van der Waals surface area contributed by atoms with Gasteiger partial charge in [0.15, 0.2) is 0 Å². The second kappa shape index (κ2) is 4.81. The van der Waals surface area contributed by atoms with Gasteiger partial charge in [0.25, 0.3) is 10.0 Å². The lowest BCUT2D eigenvalue weighted by Crippen LogP contribution is -2.30. The van der Waals surface area contributed by atoms with E-state index in [9.17, 15) is 8.42 Å². The summed E-state index contributed by atoms with van der Waals surface area (Å²) < 4.78 is 27.7. The molecule has 5 nitrogen and oxygen atoms in total.